The van der Waals surface area contributed by atoms with Crippen LogP contribution in [0.2, 0.25) is 0 Å². The number of rotatable bonds is 2. The number of nitrogens with zero attached hydrogens (tertiary/aromatic N) is 3. The quantitative estimate of drug-likeness (QED) is 0.855. The van der Waals surface area contributed by atoms with Gasteiger partial charge in [-0.15, -0.1) is 11.8 Å². The van der Waals surface area contributed by atoms with Crippen molar-refractivity contribution in [2.75, 3.05) is 17.2 Å². The monoisotopic (exact) mass is 313 g/mol. The number of hydrogen-bond donors (Lipinski definition) is 0. The van der Waals surface area contributed by atoms with Crippen molar-refractivity contribution in [3.8, 4) is 0 Å². The van der Waals surface area contributed by atoms with Gasteiger partial charge in [0.2, 0.25) is 5.91 Å². The number of thioether (sulfide) groups is 1. The maximum Gasteiger partial charge on any atom is 0.240 e. The van der Waals surface area contributed by atoms with Gasteiger partial charge in [0, 0.05) is 24.6 Å². The van der Waals surface area contributed by atoms with Gasteiger partial charge in [0.1, 0.15) is 0 Å². The molecule has 0 saturated carbocycles. The molecule has 22 heavy (non-hydrogen) atoms. The van der Waals surface area contributed by atoms with Crippen LogP contribution >= 0.6 is 11.8 Å². The smallest absolute Gasteiger partial charge is 0.240 e. The Kier molecular flexibility index (Phi) is 3.66. The second-order valence-electron chi connectivity index (χ2n) is 5.92. The summed E-state index contributed by atoms with van der Waals surface area (Å²) in [4.78, 5) is 14.9. The van der Waals surface area contributed by atoms with E-state index < -0.39 is 0 Å². The minimum atomic E-state index is 0.129. The molecule has 0 aliphatic carbocycles. The van der Waals surface area contributed by atoms with Crippen LogP contribution in [0.15, 0.2) is 42.7 Å². The van der Waals surface area contributed by atoms with Crippen molar-refractivity contribution in [1.82, 2.24) is 9.78 Å². The summed E-state index contributed by atoms with van der Waals surface area (Å²) >= 11 is 1.80. The predicted molar refractivity (Wildman–Crippen MR) is 89.2 cm³/mol. The Balaban J connectivity index is 1.67. The van der Waals surface area contributed by atoms with E-state index in [1.807, 2.05) is 27.9 Å². The first-order valence-electron chi connectivity index (χ1n) is 7.83. The summed E-state index contributed by atoms with van der Waals surface area (Å²) in [6.07, 6.45) is 6.89. The highest BCUT2D eigenvalue weighted by atomic mass is 32.2. The summed E-state index contributed by atoms with van der Waals surface area (Å²) in [6, 6.07) is 10.4. The van der Waals surface area contributed by atoms with Crippen molar-refractivity contribution in [1.29, 1.82) is 0 Å². The molecule has 2 atom stereocenters. The molecule has 0 unspecified atom stereocenters. The Labute approximate surface area is 134 Å². The highest BCUT2D eigenvalue weighted by Crippen LogP contribution is 2.35. The predicted octanol–water partition coefficient (Wildman–Crippen LogP) is 2.91. The number of aromatic nitrogens is 2. The van der Waals surface area contributed by atoms with Crippen LogP contribution in [-0.2, 0) is 11.2 Å². The van der Waals surface area contributed by atoms with E-state index in [1.165, 1.54) is 5.56 Å². The van der Waals surface area contributed by atoms with E-state index in [9.17, 15) is 4.79 Å². The lowest BCUT2D eigenvalue weighted by Crippen LogP contribution is -2.44. The fourth-order valence-electron chi connectivity index (χ4n) is 3.40. The molecule has 0 N–H and O–H groups in total. The first-order valence-corrected chi connectivity index (χ1v) is 8.88. The molecule has 1 fully saturated rings. The number of para-hydroxylation sites is 1. The van der Waals surface area contributed by atoms with Gasteiger partial charge in [0.25, 0.3) is 0 Å². The molecule has 2 aliphatic heterocycles. The first-order chi connectivity index (χ1) is 10.8. The molecule has 0 spiro atoms. The van der Waals surface area contributed by atoms with Crippen LogP contribution in [0.25, 0.3) is 0 Å². The fraction of sp³-hybridized carbons (Fsp3) is 0.412. The third-order valence-electron chi connectivity index (χ3n) is 4.50. The third-order valence-corrected chi connectivity index (χ3v) is 5.87. The van der Waals surface area contributed by atoms with Crippen molar-refractivity contribution in [3.05, 3.63) is 48.3 Å². The van der Waals surface area contributed by atoms with Gasteiger partial charge in [-0.2, -0.15) is 5.10 Å². The highest BCUT2D eigenvalue weighted by molar-refractivity contribution is 8.00. The average molecular weight is 313 g/mol. The maximum absolute atomic E-state index is 13.0. The second-order valence-corrected chi connectivity index (χ2v) is 7.23. The largest absolute Gasteiger partial charge is 0.309 e. The number of hydrogen-bond acceptors (Lipinski definition) is 3. The van der Waals surface area contributed by atoms with E-state index in [4.69, 9.17) is 0 Å². The van der Waals surface area contributed by atoms with Crippen molar-refractivity contribution >= 4 is 23.4 Å². The molecule has 3 heterocycles. The zero-order valence-corrected chi connectivity index (χ0v) is 13.2. The van der Waals surface area contributed by atoms with E-state index in [2.05, 4.69) is 23.3 Å². The number of carbonyl (C=O) groups is 1. The van der Waals surface area contributed by atoms with Gasteiger partial charge in [0.05, 0.1) is 11.3 Å². The summed E-state index contributed by atoms with van der Waals surface area (Å²) in [7, 11) is 0. The fourth-order valence-corrected chi connectivity index (χ4v) is 4.62. The van der Waals surface area contributed by atoms with E-state index >= 15 is 0 Å². The topological polar surface area (TPSA) is 38.1 Å². The lowest BCUT2D eigenvalue weighted by Gasteiger charge is -2.36. The summed E-state index contributed by atoms with van der Waals surface area (Å²) < 4.78 is 1.98. The maximum atomic E-state index is 13.0. The average Bonchev–Trinajstić information content (AvgIpc) is 3.26. The van der Waals surface area contributed by atoms with E-state index in [0.29, 0.717) is 6.54 Å². The molecule has 5 heteroatoms. The van der Waals surface area contributed by atoms with Gasteiger partial charge in [-0.1, -0.05) is 18.2 Å². The molecule has 1 saturated heterocycles. The lowest BCUT2D eigenvalue weighted by atomic mass is 9.97. The Hall–Kier alpha value is -1.75. The van der Waals surface area contributed by atoms with E-state index in [0.717, 1.165) is 30.7 Å². The lowest BCUT2D eigenvalue weighted by molar-refractivity contribution is -0.118. The Morgan fingerprint density at radius 1 is 1.27 bits per heavy atom. The summed E-state index contributed by atoms with van der Waals surface area (Å²) in [5, 5.41) is 4.51. The minimum Gasteiger partial charge on any atom is -0.309 e. The normalized spacial score (nSPS) is 24.3. The van der Waals surface area contributed by atoms with Gasteiger partial charge in [-0.05, 0) is 42.7 Å². The molecule has 1 aromatic heterocycles. The molecule has 0 radical (unpaired) electrons. The van der Waals surface area contributed by atoms with Gasteiger partial charge in [-0.25, -0.2) is 0 Å². The zero-order chi connectivity index (χ0) is 14.9. The molecule has 2 aliphatic rings. The van der Waals surface area contributed by atoms with E-state index in [1.54, 1.807) is 18.0 Å². The second kappa shape index (κ2) is 5.80. The van der Waals surface area contributed by atoms with Crippen molar-refractivity contribution in [2.45, 2.75) is 30.6 Å². The van der Waals surface area contributed by atoms with Gasteiger partial charge in [0.15, 0.2) is 0 Å². The zero-order valence-electron chi connectivity index (χ0n) is 12.4. The van der Waals surface area contributed by atoms with Crippen LogP contribution in [0, 0.1) is 0 Å². The molecule has 4 nitrogen and oxygen atoms in total. The molecular weight excluding hydrogens is 294 g/mol. The van der Waals surface area contributed by atoms with Gasteiger partial charge >= 0.3 is 0 Å². The number of benzene rings is 1. The van der Waals surface area contributed by atoms with Gasteiger partial charge in [-0.3, -0.25) is 9.48 Å². The molecule has 114 valence electrons. The number of amides is 1. The summed E-state index contributed by atoms with van der Waals surface area (Å²) in [5.41, 5.74) is 2.33. The van der Waals surface area contributed by atoms with Crippen LogP contribution in [0.3, 0.4) is 0 Å². The van der Waals surface area contributed by atoms with Crippen LogP contribution in [0.1, 0.15) is 24.4 Å². The van der Waals surface area contributed by atoms with Gasteiger partial charge < -0.3 is 4.90 Å². The molecule has 0 bridgehead atoms. The van der Waals surface area contributed by atoms with Crippen molar-refractivity contribution in [2.24, 2.45) is 0 Å². The van der Waals surface area contributed by atoms with Crippen LogP contribution < -0.4 is 4.90 Å². The molecular formula is C17H19N3OS. The summed E-state index contributed by atoms with van der Waals surface area (Å²) in [5.74, 6) is 1.38. The molecule has 1 amide bonds. The Bertz CT molecular complexity index is 664. The molecule has 1 aromatic carbocycles. The Morgan fingerprint density at radius 2 is 2.18 bits per heavy atom. The Morgan fingerprint density at radius 3 is 2.95 bits per heavy atom. The number of anilines is 1. The summed E-state index contributed by atoms with van der Waals surface area (Å²) in [6.45, 7) is 0.717. The number of fused-ring (bicyclic) bond motifs is 1. The minimum absolute atomic E-state index is 0.129. The first kappa shape index (κ1) is 13.9. The molecule has 4 rings (SSSR count). The third kappa shape index (κ3) is 2.43. The molecule has 2 aromatic rings. The van der Waals surface area contributed by atoms with Crippen molar-refractivity contribution in [3.63, 3.8) is 0 Å². The van der Waals surface area contributed by atoms with E-state index in [-0.39, 0.29) is 17.2 Å². The SMILES string of the molecule is O=C([C@@H]1CCCS1)N1C[C@@H](n2cccn2)Cc2ccccc21. The highest BCUT2D eigenvalue weighted by Gasteiger charge is 2.34. The van der Waals surface area contributed by atoms with Crippen LogP contribution in [0.4, 0.5) is 5.69 Å². The number of carbonyl (C=O) groups excluding carboxylic acids is 1. The van der Waals surface area contributed by atoms with Crippen LogP contribution in [-0.4, -0.2) is 33.2 Å². The standard InChI is InChI=1S/C17H19N3OS/c21-17(16-7-3-10-22-16)19-12-14(20-9-4-8-18-20)11-13-5-1-2-6-15(13)19/h1-2,4-6,8-9,14,16H,3,7,10-12H2/t14-,16-/m0/s1. The van der Waals surface area contributed by atoms with Crippen molar-refractivity contribution < 1.29 is 4.79 Å². The van der Waals surface area contributed by atoms with Crippen LogP contribution in [0.5, 0.6) is 0 Å².